The molecule has 0 amide bonds. The monoisotopic (exact) mass is 303 g/mol. The lowest BCUT2D eigenvalue weighted by Crippen LogP contribution is -2.26. The van der Waals surface area contributed by atoms with E-state index in [2.05, 4.69) is 5.32 Å². The van der Waals surface area contributed by atoms with E-state index in [0.29, 0.717) is 23.7 Å². The van der Waals surface area contributed by atoms with Crippen LogP contribution in [-0.4, -0.2) is 32.9 Å². The Morgan fingerprint density at radius 2 is 2.11 bits per heavy atom. The first-order chi connectivity index (χ1) is 8.88. The van der Waals surface area contributed by atoms with Crippen molar-refractivity contribution in [1.29, 1.82) is 0 Å². The minimum Gasteiger partial charge on any atom is -0.396 e. The second-order valence-corrected chi connectivity index (χ2v) is 7.64. The first-order valence-electron chi connectivity index (χ1n) is 6.17. The number of sulfone groups is 1. The zero-order valence-electron chi connectivity index (χ0n) is 10.8. The van der Waals surface area contributed by atoms with Crippen LogP contribution in [0.3, 0.4) is 0 Å². The molecule has 0 radical (unpaired) electrons. The number of benzene rings is 1. The van der Waals surface area contributed by atoms with Gasteiger partial charge in [-0.3, -0.25) is 0 Å². The van der Waals surface area contributed by atoms with Gasteiger partial charge in [-0.1, -0.05) is 17.7 Å². The second kappa shape index (κ2) is 5.40. The fourth-order valence-corrected chi connectivity index (χ4v) is 3.33. The molecule has 0 saturated heterocycles. The van der Waals surface area contributed by atoms with Gasteiger partial charge in [-0.05, 0) is 25.0 Å². The molecule has 0 aromatic heterocycles. The van der Waals surface area contributed by atoms with Crippen molar-refractivity contribution < 1.29 is 13.5 Å². The predicted molar refractivity (Wildman–Crippen MR) is 75.0 cm³/mol. The molecule has 1 aromatic rings. The molecule has 1 aromatic carbocycles. The van der Waals surface area contributed by atoms with Gasteiger partial charge in [0.05, 0.1) is 4.90 Å². The van der Waals surface area contributed by atoms with Crippen molar-refractivity contribution in [2.24, 2.45) is 5.41 Å². The molecule has 6 heteroatoms. The van der Waals surface area contributed by atoms with E-state index in [1.807, 2.05) is 0 Å². The highest BCUT2D eigenvalue weighted by Crippen LogP contribution is 2.44. The molecule has 0 unspecified atom stereocenters. The van der Waals surface area contributed by atoms with E-state index in [1.165, 1.54) is 6.26 Å². The number of aliphatic hydroxyl groups is 1. The Hall–Kier alpha value is -0.620. The Balaban J connectivity index is 2.11. The summed E-state index contributed by atoms with van der Waals surface area (Å²) in [5.74, 6) is 0. The first kappa shape index (κ1) is 14.8. The molecular formula is C13H18ClNO3S. The Kier molecular flexibility index (Phi) is 4.20. The van der Waals surface area contributed by atoms with Gasteiger partial charge in [0, 0.05) is 42.0 Å². The smallest absolute Gasteiger partial charge is 0.175 e. The van der Waals surface area contributed by atoms with Gasteiger partial charge in [0.2, 0.25) is 0 Å². The van der Waals surface area contributed by atoms with Crippen LogP contribution in [0.15, 0.2) is 23.1 Å². The van der Waals surface area contributed by atoms with Crippen LogP contribution in [0.25, 0.3) is 0 Å². The molecule has 4 nitrogen and oxygen atoms in total. The summed E-state index contributed by atoms with van der Waals surface area (Å²) in [7, 11) is -3.29. The van der Waals surface area contributed by atoms with Crippen molar-refractivity contribution in [3.05, 3.63) is 28.8 Å². The van der Waals surface area contributed by atoms with Gasteiger partial charge >= 0.3 is 0 Å². The first-order valence-corrected chi connectivity index (χ1v) is 8.44. The summed E-state index contributed by atoms with van der Waals surface area (Å²) < 4.78 is 23.4. The lowest BCUT2D eigenvalue weighted by atomic mass is 10.1. The Morgan fingerprint density at radius 3 is 2.63 bits per heavy atom. The van der Waals surface area contributed by atoms with Crippen molar-refractivity contribution >= 4 is 21.4 Å². The van der Waals surface area contributed by atoms with Crippen molar-refractivity contribution in [2.75, 3.05) is 19.4 Å². The number of halogens is 1. The van der Waals surface area contributed by atoms with E-state index < -0.39 is 9.84 Å². The van der Waals surface area contributed by atoms with Crippen molar-refractivity contribution in [3.8, 4) is 0 Å². The molecule has 0 aliphatic heterocycles. The standard InChI is InChI=1S/C13H18ClNO3S/c1-19(17,18)12-4-2-3-11(14)10(12)7-15-8-13(9-16)5-6-13/h2-4,15-16H,5-9H2,1H3. The fourth-order valence-electron chi connectivity index (χ4n) is 2.08. The van der Waals surface area contributed by atoms with Gasteiger partial charge in [-0.2, -0.15) is 0 Å². The summed E-state index contributed by atoms with van der Waals surface area (Å²) in [5, 5.41) is 12.9. The fraction of sp³-hybridized carbons (Fsp3) is 0.538. The highest BCUT2D eigenvalue weighted by atomic mass is 35.5. The molecule has 2 rings (SSSR count). The Bertz CT molecular complexity index is 567. The lowest BCUT2D eigenvalue weighted by molar-refractivity contribution is 0.207. The minimum absolute atomic E-state index is 0.00743. The maximum Gasteiger partial charge on any atom is 0.175 e. The molecule has 1 aliphatic rings. The van der Waals surface area contributed by atoms with Crippen molar-refractivity contribution in [3.63, 3.8) is 0 Å². The highest BCUT2D eigenvalue weighted by molar-refractivity contribution is 7.90. The van der Waals surface area contributed by atoms with Crippen LogP contribution in [0.4, 0.5) is 0 Å². The van der Waals surface area contributed by atoms with Gasteiger partial charge < -0.3 is 10.4 Å². The predicted octanol–water partition coefficient (Wildman–Crippen LogP) is 1.61. The molecule has 106 valence electrons. The van der Waals surface area contributed by atoms with Crippen LogP contribution in [0.1, 0.15) is 18.4 Å². The topological polar surface area (TPSA) is 66.4 Å². The Morgan fingerprint density at radius 1 is 1.42 bits per heavy atom. The van der Waals surface area contributed by atoms with E-state index in [4.69, 9.17) is 11.6 Å². The molecule has 2 N–H and O–H groups in total. The molecule has 1 saturated carbocycles. The lowest BCUT2D eigenvalue weighted by Gasteiger charge is -2.15. The van der Waals surface area contributed by atoms with Crippen LogP contribution in [0.2, 0.25) is 5.02 Å². The molecule has 1 fully saturated rings. The van der Waals surface area contributed by atoms with Crippen molar-refractivity contribution in [1.82, 2.24) is 5.32 Å². The summed E-state index contributed by atoms with van der Waals surface area (Å²) in [6.07, 6.45) is 3.20. The Labute approximate surface area is 118 Å². The average molecular weight is 304 g/mol. The van der Waals surface area contributed by atoms with Gasteiger partial charge in [-0.15, -0.1) is 0 Å². The second-order valence-electron chi connectivity index (χ2n) is 5.25. The summed E-state index contributed by atoms with van der Waals surface area (Å²) in [4.78, 5) is 0.265. The van der Waals surface area contributed by atoms with Gasteiger partial charge in [0.15, 0.2) is 9.84 Å². The van der Waals surface area contributed by atoms with E-state index in [0.717, 1.165) is 12.8 Å². The van der Waals surface area contributed by atoms with Crippen LogP contribution < -0.4 is 5.32 Å². The zero-order chi connectivity index (χ0) is 14.1. The van der Waals surface area contributed by atoms with E-state index >= 15 is 0 Å². The minimum atomic E-state index is -3.29. The molecule has 0 spiro atoms. The van der Waals surface area contributed by atoms with E-state index in [1.54, 1.807) is 18.2 Å². The number of hydrogen-bond acceptors (Lipinski definition) is 4. The number of rotatable bonds is 6. The maximum atomic E-state index is 11.7. The zero-order valence-corrected chi connectivity index (χ0v) is 12.4. The number of hydrogen-bond donors (Lipinski definition) is 2. The van der Waals surface area contributed by atoms with Gasteiger partial charge in [-0.25, -0.2) is 8.42 Å². The molecule has 0 atom stereocenters. The SMILES string of the molecule is CS(=O)(=O)c1cccc(Cl)c1CNCC1(CO)CC1. The molecule has 1 aliphatic carbocycles. The number of aliphatic hydroxyl groups excluding tert-OH is 1. The van der Waals surface area contributed by atoms with Gasteiger partial charge in [0.25, 0.3) is 0 Å². The third-order valence-corrected chi connectivity index (χ3v) is 5.11. The summed E-state index contributed by atoms with van der Waals surface area (Å²) in [6.45, 7) is 1.24. The molecule has 0 bridgehead atoms. The van der Waals surface area contributed by atoms with Crippen molar-refractivity contribution in [2.45, 2.75) is 24.3 Å². The average Bonchev–Trinajstić information content (AvgIpc) is 3.10. The molecule has 0 heterocycles. The largest absolute Gasteiger partial charge is 0.396 e. The highest BCUT2D eigenvalue weighted by Gasteiger charge is 2.41. The van der Waals surface area contributed by atoms with Gasteiger partial charge in [0.1, 0.15) is 0 Å². The summed E-state index contributed by atoms with van der Waals surface area (Å²) in [5.41, 5.74) is 0.590. The van der Waals surface area contributed by atoms with Crippen LogP contribution in [-0.2, 0) is 16.4 Å². The number of nitrogens with one attached hydrogen (secondary N) is 1. The van der Waals surface area contributed by atoms with E-state index in [9.17, 15) is 13.5 Å². The third-order valence-electron chi connectivity index (χ3n) is 3.57. The third kappa shape index (κ3) is 3.48. The van der Waals surface area contributed by atoms with Crippen LogP contribution in [0, 0.1) is 5.41 Å². The summed E-state index contributed by atoms with van der Waals surface area (Å²) in [6, 6.07) is 4.89. The molecular weight excluding hydrogens is 286 g/mol. The van der Waals surface area contributed by atoms with Crippen LogP contribution in [0.5, 0.6) is 0 Å². The quantitative estimate of drug-likeness (QED) is 0.838. The van der Waals surface area contributed by atoms with E-state index in [-0.39, 0.29) is 16.9 Å². The van der Waals surface area contributed by atoms with Crippen LogP contribution >= 0.6 is 11.6 Å². The maximum absolute atomic E-state index is 11.7. The summed E-state index contributed by atoms with van der Waals surface area (Å²) >= 11 is 6.08. The molecule has 19 heavy (non-hydrogen) atoms. The normalized spacial score (nSPS) is 17.4.